The maximum absolute atomic E-state index is 12.7. The molecule has 1 aromatic rings. The Morgan fingerprint density at radius 3 is 2.57 bits per heavy atom. The predicted molar refractivity (Wildman–Crippen MR) is 79.5 cm³/mol. The summed E-state index contributed by atoms with van der Waals surface area (Å²) in [6.07, 6.45) is 5.22. The third-order valence-electron chi connectivity index (χ3n) is 3.79. The topological polar surface area (TPSA) is 64.3 Å². The van der Waals surface area contributed by atoms with Crippen LogP contribution in [0.5, 0.6) is 0 Å². The van der Waals surface area contributed by atoms with E-state index in [2.05, 4.69) is 5.32 Å². The summed E-state index contributed by atoms with van der Waals surface area (Å²) in [7, 11) is 0. The zero-order valence-corrected chi connectivity index (χ0v) is 12.2. The quantitative estimate of drug-likeness (QED) is 0.791. The van der Waals surface area contributed by atoms with Gasteiger partial charge in [0.25, 0.3) is 5.91 Å². The largest absolute Gasteiger partial charge is 0.378 e. The van der Waals surface area contributed by atoms with E-state index < -0.39 is 0 Å². The molecule has 1 aromatic carbocycles. The van der Waals surface area contributed by atoms with Crippen LogP contribution in [0.2, 0.25) is 0 Å². The molecule has 1 aliphatic carbocycles. The van der Waals surface area contributed by atoms with Gasteiger partial charge in [0.05, 0.1) is 6.10 Å². The Balaban J connectivity index is 1.57. The monoisotopic (exact) mass is 294 g/mol. The lowest BCUT2D eigenvalue weighted by Gasteiger charge is -2.26. The number of rotatable bonds is 6. The van der Waals surface area contributed by atoms with Crippen LogP contribution in [-0.2, 0) is 4.74 Å². The molecule has 4 nitrogen and oxygen atoms in total. The molecule has 3 N–H and O–H groups in total. The van der Waals surface area contributed by atoms with Gasteiger partial charge in [0.1, 0.15) is 5.82 Å². The van der Waals surface area contributed by atoms with Gasteiger partial charge >= 0.3 is 0 Å². The molecule has 1 amide bonds. The van der Waals surface area contributed by atoms with Crippen molar-refractivity contribution in [3.8, 4) is 0 Å². The Kier molecular flexibility index (Phi) is 6.14. The van der Waals surface area contributed by atoms with E-state index in [1.165, 1.54) is 24.3 Å². The van der Waals surface area contributed by atoms with Crippen molar-refractivity contribution in [2.45, 2.75) is 44.2 Å². The fourth-order valence-electron chi connectivity index (χ4n) is 2.48. The minimum atomic E-state index is -0.341. The van der Waals surface area contributed by atoms with Crippen molar-refractivity contribution in [1.29, 1.82) is 0 Å². The Morgan fingerprint density at radius 1 is 1.24 bits per heavy atom. The Labute approximate surface area is 124 Å². The van der Waals surface area contributed by atoms with Gasteiger partial charge in [0.2, 0.25) is 0 Å². The van der Waals surface area contributed by atoms with Crippen LogP contribution < -0.4 is 11.1 Å². The summed E-state index contributed by atoms with van der Waals surface area (Å²) in [5, 5.41) is 2.80. The number of nitrogens with two attached hydrogens (primary N) is 1. The third-order valence-corrected chi connectivity index (χ3v) is 3.79. The van der Waals surface area contributed by atoms with Crippen LogP contribution in [0.3, 0.4) is 0 Å². The summed E-state index contributed by atoms with van der Waals surface area (Å²) in [6, 6.07) is 5.86. The van der Waals surface area contributed by atoms with Crippen molar-refractivity contribution in [2.24, 2.45) is 5.73 Å². The van der Waals surface area contributed by atoms with Crippen molar-refractivity contribution in [3.63, 3.8) is 0 Å². The van der Waals surface area contributed by atoms with Crippen molar-refractivity contribution in [2.75, 3.05) is 13.2 Å². The van der Waals surface area contributed by atoms with Crippen LogP contribution in [0.4, 0.5) is 4.39 Å². The highest BCUT2D eigenvalue weighted by Gasteiger charge is 2.18. The highest BCUT2D eigenvalue weighted by Crippen LogP contribution is 2.19. The number of halogens is 1. The standard InChI is InChI=1S/C16H23FN2O2/c17-13-4-2-12(3-5-13)16(20)19-10-1-11-21-15-8-6-14(18)7-9-15/h2-5,14-15H,1,6-11,18H2,(H,19,20). The van der Waals surface area contributed by atoms with E-state index in [0.29, 0.717) is 30.9 Å². The summed E-state index contributed by atoms with van der Waals surface area (Å²) < 4.78 is 18.5. The zero-order valence-electron chi connectivity index (χ0n) is 12.2. The molecule has 0 aromatic heterocycles. The van der Waals surface area contributed by atoms with E-state index in [0.717, 1.165) is 32.1 Å². The fraction of sp³-hybridized carbons (Fsp3) is 0.562. The molecular formula is C16H23FN2O2. The summed E-state index contributed by atoms with van der Waals surface area (Å²) >= 11 is 0. The average molecular weight is 294 g/mol. The molecule has 21 heavy (non-hydrogen) atoms. The summed E-state index contributed by atoms with van der Waals surface area (Å²) in [6.45, 7) is 1.20. The Morgan fingerprint density at radius 2 is 1.90 bits per heavy atom. The molecule has 1 saturated carbocycles. The van der Waals surface area contributed by atoms with Gasteiger partial charge in [0, 0.05) is 24.8 Å². The molecule has 1 aliphatic rings. The number of amides is 1. The highest BCUT2D eigenvalue weighted by atomic mass is 19.1. The first-order valence-corrected chi connectivity index (χ1v) is 7.56. The number of hydrogen-bond acceptors (Lipinski definition) is 3. The maximum Gasteiger partial charge on any atom is 0.251 e. The zero-order chi connectivity index (χ0) is 15.1. The molecule has 0 atom stereocenters. The van der Waals surface area contributed by atoms with Crippen molar-refractivity contribution in [3.05, 3.63) is 35.6 Å². The third kappa shape index (κ3) is 5.44. The van der Waals surface area contributed by atoms with E-state index >= 15 is 0 Å². The van der Waals surface area contributed by atoms with Gasteiger partial charge in [-0.15, -0.1) is 0 Å². The average Bonchev–Trinajstić information content (AvgIpc) is 2.49. The minimum Gasteiger partial charge on any atom is -0.378 e. The molecule has 2 rings (SSSR count). The first-order valence-electron chi connectivity index (χ1n) is 7.56. The van der Waals surface area contributed by atoms with Gasteiger partial charge in [-0.25, -0.2) is 4.39 Å². The Hall–Kier alpha value is -1.46. The molecule has 116 valence electrons. The first-order chi connectivity index (χ1) is 10.1. The first kappa shape index (κ1) is 15.9. The van der Waals surface area contributed by atoms with Crippen LogP contribution in [0.15, 0.2) is 24.3 Å². The van der Waals surface area contributed by atoms with Crippen LogP contribution in [0, 0.1) is 5.82 Å². The van der Waals surface area contributed by atoms with Gasteiger partial charge in [-0.2, -0.15) is 0 Å². The normalized spacial score (nSPS) is 22.0. The second-order valence-corrected chi connectivity index (χ2v) is 5.52. The van der Waals surface area contributed by atoms with E-state index in [1.54, 1.807) is 0 Å². The number of ether oxygens (including phenoxy) is 1. The number of nitrogens with one attached hydrogen (secondary N) is 1. The lowest BCUT2D eigenvalue weighted by atomic mass is 9.94. The van der Waals surface area contributed by atoms with E-state index in [4.69, 9.17) is 10.5 Å². The van der Waals surface area contributed by atoms with E-state index in [-0.39, 0.29) is 11.7 Å². The molecule has 0 radical (unpaired) electrons. The van der Waals surface area contributed by atoms with Crippen LogP contribution in [0.25, 0.3) is 0 Å². The van der Waals surface area contributed by atoms with Crippen LogP contribution >= 0.6 is 0 Å². The Bertz CT molecular complexity index is 442. The second kappa shape index (κ2) is 8.10. The smallest absolute Gasteiger partial charge is 0.251 e. The lowest BCUT2D eigenvalue weighted by molar-refractivity contribution is 0.0241. The van der Waals surface area contributed by atoms with Gasteiger partial charge in [-0.1, -0.05) is 0 Å². The molecule has 0 bridgehead atoms. The van der Waals surface area contributed by atoms with Crippen LogP contribution in [-0.4, -0.2) is 31.2 Å². The maximum atomic E-state index is 12.7. The number of carbonyl (C=O) groups excluding carboxylic acids is 1. The number of benzene rings is 1. The lowest BCUT2D eigenvalue weighted by Crippen LogP contribution is -2.31. The molecule has 0 unspecified atom stereocenters. The van der Waals surface area contributed by atoms with Crippen LogP contribution in [0.1, 0.15) is 42.5 Å². The molecule has 1 fully saturated rings. The van der Waals surface area contributed by atoms with Gasteiger partial charge < -0.3 is 15.8 Å². The van der Waals surface area contributed by atoms with Gasteiger partial charge in [-0.05, 0) is 56.4 Å². The van der Waals surface area contributed by atoms with E-state index in [1.807, 2.05) is 0 Å². The fourth-order valence-corrected chi connectivity index (χ4v) is 2.48. The minimum absolute atomic E-state index is 0.182. The van der Waals surface area contributed by atoms with Gasteiger partial charge in [-0.3, -0.25) is 4.79 Å². The molecular weight excluding hydrogens is 271 g/mol. The van der Waals surface area contributed by atoms with Gasteiger partial charge in [0.15, 0.2) is 0 Å². The van der Waals surface area contributed by atoms with Crippen molar-refractivity contribution < 1.29 is 13.9 Å². The van der Waals surface area contributed by atoms with E-state index in [9.17, 15) is 9.18 Å². The summed E-state index contributed by atoms with van der Waals surface area (Å²) in [4.78, 5) is 11.8. The molecule has 0 saturated heterocycles. The van der Waals surface area contributed by atoms with Crippen molar-refractivity contribution in [1.82, 2.24) is 5.32 Å². The SMILES string of the molecule is NC1CCC(OCCCNC(=O)c2ccc(F)cc2)CC1. The highest BCUT2D eigenvalue weighted by molar-refractivity contribution is 5.94. The molecule has 0 aliphatic heterocycles. The molecule has 0 spiro atoms. The predicted octanol–water partition coefficient (Wildman–Crippen LogP) is 2.23. The summed E-state index contributed by atoms with van der Waals surface area (Å²) in [5.74, 6) is -0.522. The summed E-state index contributed by atoms with van der Waals surface area (Å²) in [5.41, 5.74) is 6.32. The number of hydrogen-bond donors (Lipinski definition) is 2. The number of carbonyl (C=O) groups is 1. The molecule has 5 heteroatoms. The molecule has 0 heterocycles. The van der Waals surface area contributed by atoms with Crippen molar-refractivity contribution >= 4 is 5.91 Å². The second-order valence-electron chi connectivity index (χ2n) is 5.52.